The average molecular weight is 449 g/mol. The van der Waals surface area contributed by atoms with Crippen molar-refractivity contribution < 1.29 is 5.11 Å². The number of rotatable bonds is 5. The fourth-order valence-corrected chi connectivity index (χ4v) is 5.03. The molecule has 0 saturated carbocycles. The third kappa shape index (κ3) is 3.84. The molecular formula is C24H28N6OS. The molecule has 1 unspecified atom stereocenters. The number of benzene rings is 1. The van der Waals surface area contributed by atoms with Crippen molar-refractivity contribution in [1.29, 1.82) is 0 Å². The van der Waals surface area contributed by atoms with Gasteiger partial charge in [-0.3, -0.25) is 0 Å². The predicted octanol–water partition coefficient (Wildman–Crippen LogP) is 4.45. The highest BCUT2D eigenvalue weighted by Gasteiger charge is 2.23. The summed E-state index contributed by atoms with van der Waals surface area (Å²) in [5, 5.41) is 18.0. The van der Waals surface area contributed by atoms with E-state index in [9.17, 15) is 5.11 Å². The summed E-state index contributed by atoms with van der Waals surface area (Å²) in [5.41, 5.74) is 5.13. The standard InChI is InChI=1S/C24H28N6OS/c1-4-19-23(28(3)24-26-20(15-32-24)17-9-7-16(2)8-10-17)30-21(25-19)11-12-22(27-30)29-13-5-6-18(31)14-29/h7-12,15,18,31H,4-6,13-14H2,1-3H3. The lowest BCUT2D eigenvalue weighted by Gasteiger charge is -2.30. The Bertz CT molecular complexity index is 1230. The van der Waals surface area contributed by atoms with Gasteiger partial charge in [0.25, 0.3) is 0 Å². The maximum absolute atomic E-state index is 10.1. The molecule has 166 valence electrons. The number of nitrogens with zero attached hydrogens (tertiary/aromatic N) is 6. The molecule has 1 aromatic carbocycles. The Labute approximate surface area is 192 Å². The number of hydrogen-bond acceptors (Lipinski definition) is 7. The molecule has 0 spiro atoms. The fraction of sp³-hybridized carbons (Fsp3) is 0.375. The Morgan fingerprint density at radius 3 is 2.72 bits per heavy atom. The third-order valence-electron chi connectivity index (χ3n) is 6.01. The summed E-state index contributed by atoms with van der Waals surface area (Å²) in [6, 6.07) is 12.5. The second-order valence-electron chi connectivity index (χ2n) is 8.38. The van der Waals surface area contributed by atoms with E-state index >= 15 is 0 Å². The molecular weight excluding hydrogens is 420 g/mol. The predicted molar refractivity (Wildman–Crippen MR) is 130 cm³/mol. The number of aryl methyl sites for hydroxylation is 2. The molecule has 0 bridgehead atoms. The van der Waals surface area contributed by atoms with E-state index in [-0.39, 0.29) is 6.10 Å². The largest absolute Gasteiger partial charge is 0.391 e. The van der Waals surface area contributed by atoms with E-state index in [1.54, 1.807) is 11.3 Å². The van der Waals surface area contributed by atoms with Crippen LogP contribution in [-0.2, 0) is 6.42 Å². The Kier molecular flexibility index (Phi) is 5.57. The molecule has 7 nitrogen and oxygen atoms in total. The maximum atomic E-state index is 10.1. The van der Waals surface area contributed by atoms with Gasteiger partial charge in [0.15, 0.2) is 16.6 Å². The lowest BCUT2D eigenvalue weighted by Crippen LogP contribution is -2.38. The highest BCUT2D eigenvalue weighted by Crippen LogP contribution is 2.33. The molecule has 0 amide bonds. The summed E-state index contributed by atoms with van der Waals surface area (Å²) in [6.07, 6.45) is 2.33. The number of aliphatic hydroxyl groups is 1. The molecule has 1 saturated heterocycles. The van der Waals surface area contributed by atoms with Crippen molar-refractivity contribution in [2.45, 2.75) is 39.2 Å². The number of fused-ring (bicyclic) bond motifs is 1. The zero-order valence-electron chi connectivity index (χ0n) is 18.7. The Hall–Kier alpha value is -2.97. The third-order valence-corrected chi connectivity index (χ3v) is 6.93. The van der Waals surface area contributed by atoms with E-state index in [0.29, 0.717) is 6.54 Å². The molecule has 32 heavy (non-hydrogen) atoms. The van der Waals surface area contributed by atoms with E-state index in [1.165, 1.54) is 5.56 Å². The molecule has 1 N–H and O–H groups in total. The number of hydrogen-bond donors (Lipinski definition) is 1. The van der Waals surface area contributed by atoms with Gasteiger partial charge < -0.3 is 14.9 Å². The van der Waals surface area contributed by atoms with Crippen LogP contribution in [0.3, 0.4) is 0 Å². The van der Waals surface area contributed by atoms with E-state index in [4.69, 9.17) is 15.1 Å². The van der Waals surface area contributed by atoms with Gasteiger partial charge in [-0.1, -0.05) is 36.8 Å². The van der Waals surface area contributed by atoms with E-state index in [2.05, 4.69) is 53.3 Å². The molecule has 1 fully saturated rings. The fourth-order valence-electron chi connectivity index (χ4n) is 4.23. The zero-order valence-corrected chi connectivity index (χ0v) is 19.5. The number of thiazole rings is 1. The first-order valence-electron chi connectivity index (χ1n) is 11.1. The molecule has 1 atom stereocenters. The number of imidazole rings is 1. The summed E-state index contributed by atoms with van der Waals surface area (Å²) >= 11 is 1.62. The summed E-state index contributed by atoms with van der Waals surface area (Å²) in [5.74, 6) is 1.80. The smallest absolute Gasteiger partial charge is 0.191 e. The van der Waals surface area contributed by atoms with Gasteiger partial charge in [0.05, 0.1) is 17.5 Å². The van der Waals surface area contributed by atoms with Crippen molar-refractivity contribution in [2.24, 2.45) is 0 Å². The quantitative estimate of drug-likeness (QED) is 0.486. The monoisotopic (exact) mass is 448 g/mol. The summed E-state index contributed by atoms with van der Waals surface area (Å²) in [6.45, 7) is 5.72. The van der Waals surface area contributed by atoms with Crippen LogP contribution in [0.4, 0.5) is 16.8 Å². The number of aliphatic hydroxyl groups excluding tert-OH is 1. The van der Waals surface area contributed by atoms with Gasteiger partial charge >= 0.3 is 0 Å². The highest BCUT2D eigenvalue weighted by atomic mass is 32.1. The van der Waals surface area contributed by atoms with Gasteiger partial charge in [0.1, 0.15) is 5.82 Å². The molecule has 5 rings (SSSR count). The van der Waals surface area contributed by atoms with E-state index in [1.807, 2.05) is 23.7 Å². The lowest BCUT2D eigenvalue weighted by molar-refractivity contribution is 0.153. The zero-order chi connectivity index (χ0) is 22.2. The van der Waals surface area contributed by atoms with Crippen molar-refractivity contribution in [2.75, 3.05) is 29.9 Å². The minimum absolute atomic E-state index is 0.298. The molecule has 4 heterocycles. The number of anilines is 3. The van der Waals surface area contributed by atoms with Crippen molar-refractivity contribution in [1.82, 2.24) is 19.6 Å². The van der Waals surface area contributed by atoms with Gasteiger partial charge in [0.2, 0.25) is 0 Å². The van der Waals surface area contributed by atoms with Crippen LogP contribution >= 0.6 is 11.3 Å². The van der Waals surface area contributed by atoms with Gasteiger partial charge in [-0.2, -0.15) is 4.52 Å². The van der Waals surface area contributed by atoms with E-state index in [0.717, 1.165) is 65.2 Å². The van der Waals surface area contributed by atoms with Gasteiger partial charge in [-0.25, -0.2) is 9.97 Å². The van der Waals surface area contributed by atoms with Crippen LogP contribution < -0.4 is 9.80 Å². The minimum Gasteiger partial charge on any atom is -0.391 e. The second-order valence-corrected chi connectivity index (χ2v) is 9.22. The van der Waals surface area contributed by atoms with E-state index < -0.39 is 0 Å². The van der Waals surface area contributed by atoms with Crippen LogP contribution in [0.5, 0.6) is 0 Å². The maximum Gasteiger partial charge on any atom is 0.191 e. The summed E-state index contributed by atoms with van der Waals surface area (Å²) in [7, 11) is 2.03. The van der Waals surface area contributed by atoms with Crippen molar-refractivity contribution in [3.8, 4) is 11.3 Å². The molecule has 1 aliphatic rings. The first-order valence-corrected chi connectivity index (χ1v) is 12.0. The van der Waals surface area contributed by atoms with Crippen LogP contribution in [0.25, 0.3) is 16.9 Å². The number of β-amino-alcohol motifs (C(OH)–C–C–N with tert-alkyl or cyclic N) is 1. The van der Waals surface area contributed by atoms with Crippen molar-refractivity contribution in [3.63, 3.8) is 0 Å². The van der Waals surface area contributed by atoms with Gasteiger partial charge in [-0.15, -0.1) is 16.4 Å². The topological polar surface area (TPSA) is 69.8 Å². The Balaban J connectivity index is 1.52. The van der Waals surface area contributed by atoms with Crippen LogP contribution in [0.15, 0.2) is 41.8 Å². The first kappa shape index (κ1) is 20.9. The SMILES string of the molecule is CCc1nc2ccc(N3CCCC(O)C3)nn2c1N(C)c1nc(-c2ccc(C)cc2)cs1. The normalized spacial score (nSPS) is 16.6. The molecule has 4 aromatic rings. The molecule has 8 heteroatoms. The van der Waals surface area contributed by atoms with Crippen molar-refractivity contribution >= 4 is 33.8 Å². The first-order chi connectivity index (χ1) is 15.5. The van der Waals surface area contributed by atoms with Crippen LogP contribution in [0, 0.1) is 6.92 Å². The molecule has 0 radical (unpaired) electrons. The second kappa shape index (κ2) is 8.52. The molecule has 3 aromatic heterocycles. The van der Waals surface area contributed by atoms with Gasteiger partial charge in [0, 0.05) is 31.1 Å². The number of piperidine rings is 1. The average Bonchev–Trinajstić information content (AvgIpc) is 3.44. The van der Waals surface area contributed by atoms with Crippen LogP contribution in [-0.4, -0.2) is 50.9 Å². The van der Waals surface area contributed by atoms with Gasteiger partial charge in [-0.05, 0) is 38.3 Å². The Morgan fingerprint density at radius 2 is 1.97 bits per heavy atom. The minimum atomic E-state index is -0.298. The summed E-state index contributed by atoms with van der Waals surface area (Å²) < 4.78 is 1.92. The van der Waals surface area contributed by atoms with Crippen LogP contribution in [0.1, 0.15) is 31.0 Å². The summed E-state index contributed by atoms with van der Waals surface area (Å²) in [4.78, 5) is 14.0. The number of aromatic nitrogens is 4. The highest BCUT2D eigenvalue weighted by molar-refractivity contribution is 7.14. The molecule has 0 aliphatic carbocycles. The lowest BCUT2D eigenvalue weighted by atomic mass is 10.1. The van der Waals surface area contributed by atoms with Crippen molar-refractivity contribution in [3.05, 3.63) is 53.0 Å². The Morgan fingerprint density at radius 1 is 1.16 bits per heavy atom. The molecule has 1 aliphatic heterocycles. The van der Waals surface area contributed by atoms with Crippen LogP contribution in [0.2, 0.25) is 0 Å².